The Bertz CT molecular complexity index is 470. The molecule has 0 spiro atoms. The molecular formula is C10H11N3O4. The second-order valence-corrected chi connectivity index (χ2v) is 3.11. The van der Waals surface area contributed by atoms with E-state index in [1.54, 1.807) is 19.1 Å². The van der Waals surface area contributed by atoms with Crippen molar-refractivity contribution in [1.29, 1.82) is 0 Å². The second kappa shape index (κ2) is 5.59. The van der Waals surface area contributed by atoms with E-state index >= 15 is 0 Å². The number of rotatable bonds is 3. The summed E-state index contributed by atoms with van der Waals surface area (Å²) in [6.45, 7) is 1.62. The van der Waals surface area contributed by atoms with E-state index in [1.165, 1.54) is 19.2 Å². The number of nitrogens with zero attached hydrogens (tertiary/aromatic N) is 2. The average molecular weight is 237 g/mol. The summed E-state index contributed by atoms with van der Waals surface area (Å²) in [4.78, 5) is 20.8. The van der Waals surface area contributed by atoms with Gasteiger partial charge in [-0.2, -0.15) is 5.10 Å². The van der Waals surface area contributed by atoms with Crippen molar-refractivity contribution in [3.63, 3.8) is 0 Å². The van der Waals surface area contributed by atoms with E-state index in [-0.39, 0.29) is 5.69 Å². The number of hydrazone groups is 1. The Morgan fingerprint density at radius 1 is 1.53 bits per heavy atom. The number of nitro groups is 1. The highest BCUT2D eigenvalue weighted by atomic mass is 16.6. The minimum absolute atomic E-state index is 0.0323. The second-order valence-electron chi connectivity index (χ2n) is 3.11. The fourth-order valence-corrected chi connectivity index (χ4v) is 1.08. The molecule has 0 aliphatic heterocycles. The number of ether oxygens (including phenoxy) is 1. The van der Waals surface area contributed by atoms with Crippen molar-refractivity contribution in [2.24, 2.45) is 5.10 Å². The maximum absolute atomic E-state index is 10.8. The predicted octanol–water partition coefficient (Wildman–Crippen LogP) is 1.67. The van der Waals surface area contributed by atoms with Gasteiger partial charge in [-0.1, -0.05) is 12.1 Å². The number of nitrogens with one attached hydrogen (secondary N) is 1. The molecule has 0 heterocycles. The van der Waals surface area contributed by atoms with Crippen LogP contribution in [0.25, 0.3) is 0 Å². The lowest BCUT2D eigenvalue weighted by Crippen LogP contribution is -2.18. The zero-order chi connectivity index (χ0) is 12.8. The first-order chi connectivity index (χ1) is 8.04. The number of methoxy groups -OCH3 is 1. The molecule has 0 aliphatic rings. The van der Waals surface area contributed by atoms with Gasteiger partial charge in [0, 0.05) is 17.7 Å². The van der Waals surface area contributed by atoms with Crippen LogP contribution in [-0.2, 0) is 4.74 Å². The lowest BCUT2D eigenvalue weighted by molar-refractivity contribution is -0.384. The van der Waals surface area contributed by atoms with E-state index < -0.39 is 11.0 Å². The van der Waals surface area contributed by atoms with Crippen molar-refractivity contribution in [3.8, 4) is 0 Å². The predicted molar refractivity (Wildman–Crippen MR) is 60.8 cm³/mol. The third-order valence-corrected chi connectivity index (χ3v) is 1.98. The number of hydrogen-bond acceptors (Lipinski definition) is 5. The Kier molecular flexibility index (Phi) is 4.15. The van der Waals surface area contributed by atoms with Crippen LogP contribution in [-0.4, -0.2) is 23.8 Å². The number of non-ortho nitro benzene ring substituents is 1. The molecule has 0 aliphatic carbocycles. The molecule has 0 saturated carbocycles. The number of amides is 1. The van der Waals surface area contributed by atoms with Gasteiger partial charge in [-0.25, -0.2) is 10.2 Å². The van der Waals surface area contributed by atoms with Crippen molar-refractivity contribution >= 4 is 17.5 Å². The Morgan fingerprint density at radius 2 is 2.24 bits per heavy atom. The lowest BCUT2D eigenvalue weighted by Gasteiger charge is -2.01. The SMILES string of the molecule is COC(=O)NN=C(C)c1cccc([N+](=O)[O-])c1. The summed E-state index contributed by atoms with van der Waals surface area (Å²) >= 11 is 0. The smallest absolute Gasteiger partial charge is 0.427 e. The van der Waals surface area contributed by atoms with Gasteiger partial charge in [0.15, 0.2) is 0 Å². The number of nitro benzene ring substituents is 1. The van der Waals surface area contributed by atoms with Crippen LogP contribution in [0.2, 0.25) is 0 Å². The third-order valence-electron chi connectivity index (χ3n) is 1.98. The maximum atomic E-state index is 10.8. The summed E-state index contributed by atoms with van der Waals surface area (Å²) < 4.78 is 4.33. The summed E-state index contributed by atoms with van der Waals surface area (Å²) in [6.07, 6.45) is -0.699. The van der Waals surface area contributed by atoms with Crippen LogP contribution in [0.3, 0.4) is 0 Å². The van der Waals surface area contributed by atoms with Crippen LogP contribution in [0.5, 0.6) is 0 Å². The highest BCUT2D eigenvalue weighted by molar-refractivity contribution is 5.99. The zero-order valence-corrected chi connectivity index (χ0v) is 9.34. The molecule has 0 radical (unpaired) electrons. The van der Waals surface area contributed by atoms with E-state index in [0.29, 0.717) is 11.3 Å². The molecule has 0 aromatic heterocycles. The summed E-state index contributed by atoms with van der Waals surface area (Å²) in [6, 6.07) is 5.96. The summed E-state index contributed by atoms with van der Waals surface area (Å²) in [5.74, 6) is 0. The Labute approximate surface area is 97.2 Å². The first-order valence-corrected chi connectivity index (χ1v) is 4.67. The third kappa shape index (κ3) is 3.56. The molecule has 90 valence electrons. The highest BCUT2D eigenvalue weighted by Gasteiger charge is 2.07. The fourth-order valence-electron chi connectivity index (χ4n) is 1.08. The molecule has 1 aromatic carbocycles. The minimum atomic E-state index is -0.699. The van der Waals surface area contributed by atoms with Gasteiger partial charge in [0.05, 0.1) is 17.7 Å². The average Bonchev–Trinajstić information content (AvgIpc) is 2.35. The van der Waals surface area contributed by atoms with Crippen LogP contribution >= 0.6 is 0 Å². The molecular weight excluding hydrogens is 226 g/mol. The van der Waals surface area contributed by atoms with Gasteiger partial charge in [-0.15, -0.1) is 0 Å². The Balaban J connectivity index is 2.88. The highest BCUT2D eigenvalue weighted by Crippen LogP contribution is 2.13. The summed E-state index contributed by atoms with van der Waals surface area (Å²) in [5, 5.41) is 14.3. The van der Waals surface area contributed by atoms with Crippen LogP contribution in [0.15, 0.2) is 29.4 Å². The Morgan fingerprint density at radius 3 is 2.82 bits per heavy atom. The molecule has 1 rings (SSSR count). The van der Waals surface area contributed by atoms with Crippen molar-refractivity contribution in [3.05, 3.63) is 39.9 Å². The standard InChI is InChI=1S/C10H11N3O4/c1-7(11-12-10(14)17-2)8-4-3-5-9(6-8)13(15)16/h3-6H,1-2H3,(H,12,14). The van der Waals surface area contributed by atoms with Crippen LogP contribution in [0.4, 0.5) is 10.5 Å². The van der Waals surface area contributed by atoms with E-state index in [9.17, 15) is 14.9 Å². The van der Waals surface area contributed by atoms with Crippen molar-refractivity contribution in [2.75, 3.05) is 7.11 Å². The van der Waals surface area contributed by atoms with Gasteiger partial charge in [-0.3, -0.25) is 10.1 Å². The van der Waals surface area contributed by atoms with Crippen LogP contribution in [0.1, 0.15) is 12.5 Å². The topological polar surface area (TPSA) is 93.8 Å². The van der Waals surface area contributed by atoms with Gasteiger partial charge >= 0.3 is 6.09 Å². The van der Waals surface area contributed by atoms with Gasteiger partial charge in [0.1, 0.15) is 0 Å². The molecule has 0 saturated heterocycles. The van der Waals surface area contributed by atoms with Gasteiger partial charge in [-0.05, 0) is 6.92 Å². The van der Waals surface area contributed by atoms with E-state index in [2.05, 4.69) is 15.3 Å². The molecule has 0 fully saturated rings. The van der Waals surface area contributed by atoms with E-state index in [1.807, 2.05) is 0 Å². The minimum Gasteiger partial charge on any atom is -0.452 e. The quantitative estimate of drug-likeness (QED) is 0.491. The van der Waals surface area contributed by atoms with E-state index in [4.69, 9.17) is 0 Å². The number of carbonyl (C=O) groups is 1. The summed E-state index contributed by atoms with van der Waals surface area (Å²) in [7, 11) is 1.22. The first-order valence-electron chi connectivity index (χ1n) is 4.67. The number of carbonyl (C=O) groups excluding carboxylic acids is 1. The molecule has 7 nitrogen and oxygen atoms in total. The zero-order valence-electron chi connectivity index (χ0n) is 9.34. The van der Waals surface area contributed by atoms with Gasteiger partial charge < -0.3 is 4.74 Å². The van der Waals surface area contributed by atoms with Crippen LogP contribution < -0.4 is 5.43 Å². The molecule has 1 aromatic rings. The molecule has 17 heavy (non-hydrogen) atoms. The molecule has 0 bridgehead atoms. The van der Waals surface area contributed by atoms with Crippen molar-refractivity contribution in [1.82, 2.24) is 5.43 Å². The monoisotopic (exact) mass is 237 g/mol. The van der Waals surface area contributed by atoms with Gasteiger partial charge in [0.2, 0.25) is 0 Å². The molecule has 1 amide bonds. The first kappa shape index (κ1) is 12.6. The normalized spacial score (nSPS) is 10.8. The van der Waals surface area contributed by atoms with Gasteiger partial charge in [0.25, 0.3) is 5.69 Å². The number of benzene rings is 1. The lowest BCUT2D eigenvalue weighted by atomic mass is 10.1. The maximum Gasteiger partial charge on any atom is 0.427 e. The Hall–Kier alpha value is -2.44. The van der Waals surface area contributed by atoms with Crippen molar-refractivity contribution in [2.45, 2.75) is 6.92 Å². The fraction of sp³-hybridized carbons (Fsp3) is 0.200. The summed E-state index contributed by atoms with van der Waals surface area (Å²) in [5.41, 5.74) is 3.10. The number of hydrogen-bond donors (Lipinski definition) is 1. The van der Waals surface area contributed by atoms with E-state index in [0.717, 1.165) is 0 Å². The largest absolute Gasteiger partial charge is 0.452 e. The molecule has 7 heteroatoms. The van der Waals surface area contributed by atoms with Crippen molar-refractivity contribution < 1.29 is 14.5 Å². The molecule has 1 N–H and O–H groups in total. The van der Waals surface area contributed by atoms with Crippen LogP contribution in [0, 0.1) is 10.1 Å². The molecule has 0 unspecified atom stereocenters. The molecule has 0 atom stereocenters.